The van der Waals surface area contributed by atoms with E-state index >= 15 is 0 Å². The highest BCUT2D eigenvalue weighted by Gasteiger charge is 2.48. The molecular formula is C22H27NO2. The topological polar surface area (TPSA) is 41.8 Å². The van der Waals surface area contributed by atoms with E-state index < -0.39 is 0 Å². The third-order valence-corrected chi connectivity index (χ3v) is 6.31. The molecule has 3 nitrogen and oxygen atoms in total. The summed E-state index contributed by atoms with van der Waals surface area (Å²) in [5.74, 6) is 1.64. The molecule has 2 saturated carbocycles. The van der Waals surface area contributed by atoms with Crippen molar-refractivity contribution in [1.29, 1.82) is 0 Å². The van der Waals surface area contributed by atoms with Gasteiger partial charge in [-0.1, -0.05) is 54.5 Å². The van der Waals surface area contributed by atoms with Gasteiger partial charge in [0.05, 0.1) is 11.8 Å². The summed E-state index contributed by atoms with van der Waals surface area (Å²) in [6, 6.07) is 15.4. The van der Waals surface area contributed by atoms with Crippen LogP contribution in [0.3, 0.4) is 0 Å². The van der Waals surface area contributed by atoms with Gasteiger partial charge in [-0.2, -0.15) is 0 Å². The Morgan fingerprint density at radius 3 is 2.68 bits per heavy atom. The molecule has 0 spiro atoms. The van der Waals surface area contributed by atoms with E-state index in [0.29, 0.717) is 17.8 Å². The predicted molar refractivity (Wildman–Crippen MR) is 102 cm³/mol. The first-order valence-corrected chi connectivity index (χ1v) is 9.48. The molecule has 2 unspecified atom stereocenters. The third-order valence-electron chi connectivity index (χ3n) is 6.31. The number of benzene rings is 2. The van der Waals surface area contributed by atoms with Gasteiger partial charge in [0.1, 0.15) is 7.11 Å². The Morgan fingerprint density at radius 2 is 1.92 bits per heavy atom. The molecule has 5 atom stereocenters. The molecule has 25 heavy (non-hydrogen) atoms. The Morgan fingerprint density at radius 1 is 1.12 bits per heavy atom. The Balaban J connectivity index is 1.77. The van der Waals surface area contributed by atoms with Gasteiger partial charge < -0.3 is 9.94 Å². The van der Waals surface area contributed by atoms with Gasteiger partial charge in [-0.3, -0.25) is 0 Å². The van der Waals surface area contributed by atoms with Crippen LogP contribution in [0.5, 0.6) is 0 Å². The summed E-state index contributed by atoms with van der Waals surface area (Å²) in [6.07, 6.45) is 3.87. The van der Waals surface area contributed by atoms with Crippen molar-refractivity contribution in [2.24, 2.45) is 22.9 Å². The summed E-state index contributed by atoms with van der Waals surface area (Å²) in [4.78, 5) is 5.15. The van der Waals surface area contributed by atoms with E-state index in [1.807, 2.05) is 0 Å². The Hall–Kier alpha value is -1.87. The van der Waals surface area contributed by atoms with Crippen LogP contribution in [-0.4, -0.2) is 24.0 Å². The molecule has 3 heteroatoms. The lowest BCUT2D eigenvalue weighted by molar-refractivity contribution is 0.106. The van der Waals surface area contributed by atoms with Crippen molar-refractivity contribution in [3.8, 4) is 0 Å². The van der Waals surface area contributed by atoms with Gasteiger partial charge in [0.2, 0.25) is 0 Å². The van der Waals surface area contributed by atoms with E-state index in [1.54, 1.807) is 7.11 Å². The minimum Gasteiger partial charge on any atom is -0.399 e. The zero-order chi connectivity index (χ0) is 17.4. The van der Waals surface area contributed by atoms with E-state index in [2.05, 4.69) is 54.5 Å². The monoisotopic (exact) mass is 337 g/mol. The van der Waals surface area contributed by atoms with Crippen molar-refractivity contribution in [2.75, 3.05) is 7.11 Å². The number of nitrogens with zero attached hydrogens (tertiary/aromatic N) is 1. The average Bonchev–Trinajstić information content (AvgIpc) is 2.94. The molecule has 0 heterocycles. The number of rotatable bonds is 4. The van der Waals surface area contributed by atoms with E-state index in [4.69, 9.17) is 4.84 Å². The number of oxime groups is 1. The molecule has 4 rings (SSSR count). The lowest BCUT2D eigenvalue weighted by Gasteiger charge is -2.38. The molecule has 132 valence electrons. The quantitative estimate of drug-likeness (QED) is 0.646. The summed E-state index contributed by atoms with van der Waals surface area (Å²) in [6.45, 7) is 2.14. The van der Waals surface area contributed by atoms with Crippen LogP contribution >= 0.6 is 0 Å². The smallest absolute Gasteiger partial charge is 0.106 e. The van der Waals surface area contributed by atoms with Crippen LogP contribution in [0.25, 0.3) is 10.8 Å². The minimum absolute atomic E-state index is 0.200. The maximum Gasteiger partial charge on any atom is 0.106 e. The van der Waals surface area contributed by atoms with E-state index in [-0.39, 0.29) is 12.0 Å². The van der Waals surface area contributed by atoms with Gasteiger partial charge in [-0.05, 0) is 59.8 Å². The van der Waals surface area contributed by atoms with Crippen molar-refractivity contribution in [1.82, 2.24) is 0 Å². The average molecular weight is 337 g/mol. The van der Waals surface area contributed by atoms with Gasteiger partial charge in [0, 0.05) is 5.92 Å². The maximum atomic E-state index is 10.6. The molecule has 2 bridgehead atoms. The van der Waals surface area contributed by atoms with Crippen LogP contribution in [0.15, 0.2) is 47.6 Å². The molecule has 1 N–H and O–H groups in total. The molecule has 2 aliphatic carbocycles. The lowest BCUT2D eigenvalue weighted by Crippen LogP contribution is -2.36. The SMILES string of the molecule is CCC(=NOC)[C@@H]1[C@@H]2CC(CC2O)C[C@H]1c1ccc2ccccc2c1. The number of aliphatic hydroxyl groups excluding tert-OH is 1. The van der Waals surface area contributed by atoms with Crippen LogP contribution in [0.2, 0.25) is 0 Å². The fourth-order valence-electron chi connectivity index (χ4n) is 5.28. The van der Waals surface area contributed by atoms with Gasteiger partial charge >= 0.3 is 0 Å². The molecule has 2 aliphatic rings. The fraction of sp³-hybridized carbons (Fsp3) is 0.500. The highest BCUT2D eigenvalue weighted by molar-refractivity contribution is 5.88. The second-order valence-electron chi connectivity index (χ2n) is 7.66. The first kappa shape index (κ1) is 16.6. The molecular weight excluding hydrogens is 310 g/mol. The highest BCUT2D eigenvalue weighted by Crippen LogP contribution is 2.53. The van der Waals surface area contributed by atoms with Gasteiger partial charge in [-0.15, -0.1) is 0 Å². The number of fused-ring (bicyclic) bond motifs is 3. The lowest BCUT2D eigenvalue weighted by atomic mass is 9.66. The zero-order valence-electron chi connectivity index (χ0n) is 15.1. The van der Waals surface area contributed by atoms with Crippen LogP contribution in [0.4, 0.5) is 0 Å². The van der Waals surface area contributed by atoms with Crippen molar-refractivity contribution in [3.63, 3.8) is 0 Å². The molecule has 0 radical (unpaired) electrons. The van der Waals surface area contributed by atoms with E-state index in [1.165, 1.54) is 16.3 Å². The van der Waals surface area contributed by atoms with Gasteiger partial charge in [0.25, 0.3) is 0 Å². The van der Waals surface area contributed by atoms with Crippen molar-refractivity contribution >= 4 is 16.5 Å². The second-order valence-corrected chi connectivity index (χ2v) is 7.66. The van der Waals surface area contributed by atoms with E-state index in [9.17, 15) is 5.11 Å². The van der Waals surface area contributed by atoms with Crippen molar-refractivity contribution in [3.05, 3.63) is 48.0 Å². The number of hydrogen-bond donors (Lipinski definition) is 1. The number of aliphatic hydroxyl groups is 1. The summed E-state index contributed by atoms with van der Waals surface area (Å²) >= 11 is 0. The summed E-state index contributed by atoms with van der Waals surface area (Å²) in [5.41, 5.74) is 2.48. The van der Waals surface area contributed by atoms with Crippen LogP contribution in [-0.2, 0) is 4.84 Å². The molecule has 0 saturated heterocycles. The van der Waals surface area contributed by atoms with Crippen molar-refractivity contribution < 1.29 is 9.94 Å². The normalized spacial score (nSPS) is 32.1. The Labute approximate surface area is 149 Å². The first-order chi connectivity index (χ1) is 12.2. The zero-order valence-corrected chi connectivity index (χ0v) is 15.1. The van der Waals surface area contributed by atoms with Crippen molar-refractivity contribution in [2.45, 2.75) is 44.6 Å². The Kier molecular flexibility index (Phi) is 4.51. The summed E-state index contributed by atoms with van der Waals surface area (Å²) in [7, 11) is 1.62. The third kappa shape index (κ3) is 2.95. The fourth-order valence-corrected chi connectivity index (χ4v) is 5.28. The highest BCUT2D eigenvalue weighted by atomic mass is 16.6. The predicted octanol–water partition coefficient (Wildman–Crippen LogP) is 4.74. The molecule has 0 aliphatic heterocycles. The molecule has 0 aromatic heterocycles. The molecule has 2 fully saturated rings. The first-order valence-electron chi connectivity index (χ1n) is 9.48. The molecule has 2 aromatic rings. The standard InChI is InChI=1S/C22H27NO2/c1-3-20(23-25-2)22-18(10-14-11-19(22)21(24)12-14)17-9-8-15-6-4-5-7-16(15)13-17/h4-9,13-14,18-19,21-22,24H,3,10-12H2,1-2H3/t14?,18-,19+,21?,22-/m0/s1. The maximum absolute atomic E-state index is 10.6. The Bertz CT molecular complexity index is 784. The van der Waals surface area contributed by atoms with Crippen LogP contribution in [0, 0.1) is 17.8 Å². The summed E-state index contributed by atoms with van der Waals surface area (Å²) < 4.78 is 0. The van der Waals surface area contributed by atoms with Crippen LogP contribution < -0.4 is 0 Å². The second kappa shape index (κ2) is 6.80. The van der Waals surface area contributed by atoms with Crippen LogP contribution in [0.1, 0.15) is 44.1 Å². The molecule has 0 amide bonds. The minimum atomic E-state index is -0.200. The molecule has 2 aromatic carbocycles. The number of hydrogen-bond acceptors (Lipinski definition) is 3. The van der Waals surface area contributed by atoms with Gasteiger partial charge in [0.15, 0.2) is 0 Å². The largest absolute Gasteiger partial charge is 0.399 e. The van der Waals surface area contributed by atoms with E-state index in [0.717, 1.165) is 31.4 Å². The summed E-state index contributed by atoms with van der Waals surface area (Å²) in [5, 5.41) is 17.6. The van der Waals surface area contributed by atoms with Gasteiger partial charge in [-0.25, -0.2) is 0 Å².